The number of anilines is 2. The van der Waals surface area contributed by atoms with Crippen molar-refractivity contribution in [2.45, 2.75) is 26.7 Å². The zero-order valence-corrected chi connectivity index (χ0v) is 12.5. The average Bonchev–Trinajstić information content (AvgIpc) is 2.49. The number of para-hydroxylation sites is 1. The number of carbonyl (C=O) groups is 1. The fraction of sp³-hybridized carbons (Fsp3) is 0.278. The summed E-state index contributed by atoms with van der Waals surface area (Å²) in [5.41, 5.74) is 3.10. The summed E-state index contributed by atoms with van der Waals surface area (Å²) in [6.07, 6.45) is 2.08. The van der Waals surface area contributed by atoms with Crippen molar-refractivity contribution in [3.8, 4) is 0 Å². The van der Waals surface area contributed by atoms with Gasteiger partial charge in [-0.25, -0.2) is 4.79 Å². The van der Waals surface area contributed by atoms with Gasteiger partial charge in [0.15, 0.2) is 0 Å². The average molecular weight is 283 g/mol. The number of aromatic carboxylic acids is 1. The second-order valence-corrected chi connectivity index (χ2v) is 5.17. The van der Waals surface area contributed by atoms with E-state index in [1.54, 1.807) is 6.07 Å². The molecule has 3 heteroatoms. The van der Waals surface area contributed by atoms with Gasteiger partial charge in [0.1, 0.15) is 0 Å². The fourth-order valence-corrected chi connectivity index (χ4v) is 2.37. The molecule has 0 spiro atoms. The Hall–Kier alpha value is -2.29. The molecule has 2 rings (SSSR count). The molecule has 0 saturated carbocycles. The van der Waals surface area contributed by atoms with Crippen molar-refractivity contribution in [1.29, 1.82) is 0 Å². The number of carboxylic acid groups (broad SMARTS) is 1. The number of unbranched alkanes of at least 4 members (excludes halogenated alkanes) is 1. The first-order valence-electron chi connectivity index (χ1n) is 7.30. The maximum atomic E-state index is 11.6. The van der Waals surface area contributed by atoms with Crippen LogP contribution in [0.4, 0.5) is 11.4 Å². The first-order valence-corrected chi connectivity index (χ1v) is 7.30. The summed E-state index contributed by atoms with van der Waals surface area (Å²) in [6, 6.07) is 15.5. The van der Waals surface area contributed by atoms with Crippen LogP contribution in [-0.4, -0.2) is 17.6 Å². The van der Waals surface area contributed by atoms with Crippen molar-refractivity contribution in [2.75, 3.05) is 11.4 Å². The summed E-state index contributed by atoms with van der Waals surface area (Å²) >= 11 is 0. The Morgan fingerprint density at radius 1 is 1.14 bits per heavy atom. The second kappa shape index (κ2) is 6.93. The number of carboxylic acids is 1. The van der Waals surface area contributed by atoms with E-state index >= 15 is 0 Å². The van der Waals surface area contributed by atoms with E-state index in [9.17, 15) is 9.90 Å². The first-order chi connectivity index (χ1) is 10.1. The highest BCUT2D eigenvalue weighted by atomic mass is 16.4. The second-order valence-electron chi connectivity index (χ2n) is 5.17. The smallest absolute Gasteiger partial charge is 0.337 e. The Morgan fingerprint density at radius 2 is 1.86 bits per heavy atom. The van der Waals surface area contributed by atoms with Crippen LogP contribution in [0.1, 0.15) is 35.7 Å². The van der Waals surface area contributed by atoms with E-state index in [4.69, 9.17) is 0 Å². The highest BCUT2D eigenvalue weighted by Crippen LogP contribution is 2.29. The third-order valence-electron chi connectivity index (χ3n) is 3.48. The van der Waals surface area contributed by atoms with Crippen molar-refractivity contribution in [2.24, 2.45) is 0 Å². The predicted octanol–water partition coefficient (Wildman–Crippen LogP) is 4.63. The van der Waals surface area contributed by atoms with Crippen LogP contribution in [0.5, 0.6) is 0 Å². The summed E-state index contributed by atoms with van der Waals surface area (Å²) in [6.45, 7) is 4.86. The number of benzene rings is 2. The number of aryl methyl sites for hydroxylation is 1. The Balaban J connectivity index is 2.48. The molecule has 2 aromatic carbocycles. The van der Waals surface area contributed by atoms with Crippen LogP contribution in [0, 0.1) is 6.92 Å². The molecule has 0 amide bonds. The van der Waals surface area contributed by atoms with Crippen LogP contribution < -0.4 is 4.90 Å². The van der Waals surface area contributed by atoms with Gasteiger partial charge in [0.2, 0.25) is 0 Å². The third kappa shape index (κ3) is 3.63. The number of hydrogen-bond acceptors (Lipinski definition) is 2. The lowest BCUT2D eigenvalue weighted by molar-refractivity contribution is 0.0697. The molecule has 0 heterocycles. The zero-order chi connectivity index (χ0) is 15.2. The van der Waals surface area contributed by atoms with E-state index in [-0.39, 0.29) is 0 Å². The van der Waals surface area contributed by atoms with Crippen LogP contribution in [0.3, 0.4) is 0 Å². The number of nitrogens with zero attached hydrogens (tertiary/aromatic N) is 1. The predicted molar refractivity (Wildman–Crippen MR) is 86.5 cm³/mol. The number of hydrogen-bond donors (Lipinski definition) is 1. The number of rotatable bonds is 6. The Morgan fingerprint density at radius 3 is 2.48 bits per heavy atom. The minimum atomic E-state index is -0.883. The van der Waals surface area contributed by atoms with Crippen LogP contribution in [0.15, 0.2) is 48.5 Å². The lowest BCUT2D eigenvalue weighted by Crippen LogP contribution is -2.21. The summed E-state index contributed by atoms with van der Waals surface area (Å²) in [5, 5.41) is 9.48. The van der Waals surface area contributed by atoms with Crippen LogP contribution in [0.25, 0.3) is 0 Å². The van der Waals surface area contributed by atoms with Gasteiger partial charge in [-0.15, -0.1) is 0 Å². The van der Waals surface area contributed by atoms with E-state index in [1.807, 2.05) is 49.4 Å². The molecule has 0 atom stereocenters. The van der Waals surface area contributed by atoms with Gasteiger partial charge in [-0.1, -0.05) is 43.2 Å². The van der Waals surface area contributed by atoms with Gasteiger partial charge < -0.3 is 10.0 Å². The van der Waals surface area contributed by atoms with Crippen molar-refractivity contribution < 1.29 is 9.90 Å². The molecule has 21 heavy (non-hydrogen) atoms. The topological polar surface area (TPSA) is 40.5 Å². The first kappa shape index (κ1) is 15.1. The SMILES string of the molecule is CCCCN(c1ccccc1)c1ccc(C)cc1C(=O)O. The molecule has 110 valence electrons. The summed E-state index contributed by atoms with van der Waals surface area (Å²) in [7, 11) is 0. The molecule has 0 bridgehead atoms. The molecular weight excluding hydrogens is 262 g/mol. The van der Waals surface area contributed by atoms with Gasteiger partial charge in [-0.2, -0.15) is 0 Å². The van der Waals surface area contributed by atoms with E-state index in [2.05, 4.69) is 11.8 Å². The highest BCUT2D eigenvalue weighted by Gasteiger charge is 2.17. The van der Waals surface area contributed by atoms with Crippen molar-refractivity contribution >= 4 is 17.3 Å². The molecule has 0 aromatic heterocycles. The van der Waals surface area contributed by atoms with Crippen LogP contribution in [0.2, 0.25) is 0 Å². The maximum Gasteiger partial charge on any atom is 0.337 e. The van der Waals surface area contributed by atoms with Gasteiger partial charge in [0, 0.05) is 12.2 Å². The molecule has 2 aromatic rings. The third-order valence-corrected chi connectivity index (χ3v) is 3.48. The lowest BCUT2D eigenvalue weighted by atomic mass is 10.1. The van der Waals surface area contributed by atoms with E-state index in [0.29, 0.717) is 5.56 Å². The molecule has 0 aliphatic rings. The molecule has 0 fully saturated rings. The monoisotopic (exact) mass is 283 g/mol. The van der Waals surface area contributed by atoms with E-state index < -0.39 is 5.97 Å². The minimum Gasteiger partial charge on any atom is -0.478 e. The van der Waals surface area contributed by atoms with Crippen molar-refractivity contribution in [3.05, 3.63) is 59.7 Å². The zero-order valence-electron chi connectivity index (χ0n) is 12.5. The molecule has 3 nitrogen and oxygen atoms in total. The normalized spacial score (nSPS) is 10.4. The van der Waals surface area contributed by atoms with Gasteiger partial charge in [0.25, 0.3) is 0 Å². The van der Waals surface area contributed by atoms with Crippen LogP contribution >= 0.6 is 0 Å². The maximum absolute atomic E-state index is 11.6. The molecule has 0 aliphatic carbocycles. The standard InChI is InChI=1S/C18H21NO2/c1-3-4-12-19(15-8-6-5-7-9-15)17-11-10-14(2)13-16(17)18(20)21/h5-11,13H,3-4,12H2,1-2H3,(H,20,21). The van der Waals surface area contributed by atoms with E-state index in [0.717, 1.165) is 36.3 Å². The molecule has 0 saturated heterocycles. The Labute approximate surface area is 125 Å². The van der Waals surface area contributed by atoms with Gasteiger partial charge in [0.05, 0.1) is 11.3 Å². The summed E-state index contributed by atoms with van der Waals surface area (Å²) in [4.78, 5) is 13.6. The van der Waals surface area contributed by atoms with Gasteiger partial charge >= 0.3 is 5.97 Å². The largest absolute Gasteiger partial charge is 0.478 e. The summed E-state index contributed by atoms with van der Waals surface area (Å²) < 4.78 is 0. The van der Waals surface area contributed by atoms with E-state index in [1.165, 1.54) is 0 Å². The molecule has 0 unspecified atom stereocenters. The van der Waals surface area contributed by atoms with Crippen LogP contribution in [-0.2, 0) is 0 Å². The molecule has 0 radical (unpaired) electrons. The van der Waals surface area contributed by atoms with Crippen molar-refractivity contribution in [1.82, 2.24) is 0 Å². The molecular formula is C18H21NO2. The quantitative estimate of drug-likeness (QED) is 0.840. The minimum absolute atomic E-state index is 0.356. The van der Waals surface area contributed by atoms with Crippen molar-refractivity contribution in [3.63, 3.8) is 0 Å². The van der Waals surface area contributed by atoms with Gasteiger partial charge in [-0.3, -0.25) is 0 Å². The fourth-order valence-electron chi connectivity index (χ4n) is 2.37. The molecule has 0 aliphatic heterocycles. The van der Waals surface area contributed by atoms with Gasteiger partial charge in [-0.05, 0) is 37.6 Å². The summed E-state index contributed by atoms with van der Waals surface area (Å²) in [5.74, 6) is -0.883. The Kier molecular flexibility index (Phi) is 4.99. The Bertz CT molecular complexity index is 608. The molecule has 1 N–H and O–H groups in total. The lowest BCUT2D eigenvalue weighted by Gasteiger charge is -2.26. The highest BCUT2D eigenvalue weighted by molar-refractivity contribution is 5.95.